The van der Waals surface area contributed by atoms with Crippen LogP contribution in [0.1, 0.15) is 23.3 Å². The molecule has 2 aromatic heterocycles. The van der Waals surface area contributed by atoms with Crippen LogP contribution in [0.15, 0.2) is 29.9 Å². The van der Waals surface area contributed by atoms with Crippen molar-refractivity contribution < 1.29 is 4.79 Å². The van der Waals surface area contributed by atoms with Gasteiger partial charge >= 0.3 is 0 Å². The number of anilines is 1. The van der Waals surface area contributed by atoms with E-state index in [0.29, 0.717) is 10.9 Å². The Labute approximate surface area is 151 Å². The first-order valence-corrected chi connectivity index (χ1v) is 9.66. The van der Waals surface area contributed by atoms with Crippen molar-refractivity contribution in [3.8, 4) is 0 Å². The maximum absolute atomic E-state index is 12.9. The van der Waals surface area contributed by atoms with Crippen LogP contribution in [0, 0.1) is 5.92 Å². The summed E-state index contributed by atoms with van der Waals surface area (Å²) in [6, 6.07) is 4.11. The van der Waals surface area contributed by atoms with Gasteiger partial charge in [-0.2, -0.15) is 0 Å². The molecule has 0 N–H and O–H groups in total. The normalized spacial score (nSPS) is 18.5. The second-order valence-electron chi connectivity index (χ2n) is 6.47. The van der Waals surface area contributed by atoms with E-state index in [2.05, 4.69) is 26.2 Å². The third-order valence-corrected chi connectivity index (χ3v) is 6.37. The molecule has 2 aromatic rings. The summed E-state index contributed by atoms with van der Waals surface area (Å²) < 4.78 is 0. The zero-order valence-electron chi connectivity index (χ0n) is 13.4. The molecule has 2 aliphatic heterocycles. The van der Waals surface area contributed by atoms with Gasteiger partial charge in [-0.1, -0.05) is 11.6 Å². The first-order chi connectivity index (χ1) is 11.7. The molecule has 0 radical (unpaired) electrons. The topological polar surface area (TPSA) is 36.4 Å². The number of aromatic nitrogens is 1. The van der Waals surface area contributed by atoms with E-state index in [0.717, 1.165) is 51.1 Å². The van der Waals surface area contributed by atoms with Crippen LogP contribution in [-0.2, 0) is 17.8 Å². The molecule has 0 unspecified atom stereocenters. The fourth-order valence-corrected chi connectivity index (χ4v) is 4.81. The van der Waals surface area contributed by atoms with Gasteiger partial charge in [0.2, 0.25) is 5.91 Å². The first-order valence-electron chi connectivity index (χ1n) is 8.41. The second-order valence-corrected chi connectivity index (χ2v) is 7.88. The number of hydrogen-bond acceptors (Lipinski definition) is 4. The Morgan fingerprint density at radius 2 is 2.08 bits per heavy atom. The summed E-state index contributed by atoms with van der Waals surface area (Å²) in [5.74, 6) is 0.467. The molecule has 0 atom stereocenters. The lowest BCUT2D eigenvalue weighted by atomic mass is 9.94. The maximum atomic E-state index is 12.9. The lowest BCUT2D eigenvalue weighted by Gasteiger charge is -2.36. The second kappa shape index (κ2) is 6.73. The molecule has 1 fully saturated rings. The van der Waals surface area contributed by atoms with Crippen molar-refractivity contribution in [1.29, 1.82) is 0 Å². The zero-order valence-corrected chi connectivity index (χ0v) is 15.0. The number of halogens is 1. The smallest absolute Gasteiger partial charge is 0.226 e. The van der Waals surface area contributed by atoms with Crippen molar-refractivity contribution >= 4 is 34.5 Å². The highest BCUT2D eigenvalue weighted by Gasteiger charge is 2.31. The minimum atomic E-state index is 0.141. The SMILES string of the molecule is O=C(C1CCN(c2ccncc2Cl)CC1)N1CCc2sccc2C1. The standard InChI is InChI=1S/C18H20ClN3OS/c19-15-11-20-6-1-16(15)21-7-2-13(3-8-21)18(23)22-9-4-17-14(12-22)5-10-24-17/h1,5-6,10-11,13H,2-4,7-9,12H2. The molecule has 126 valence electrons. The predicted molar refractivity (Wildman–Crippen MR) is 97.6 cm³/mol. The molecule has 0 aromatic carbocycles. The van der Waals surface area contributed by atoms with Crippen LogP contribution in [0.4, 0.5) is 5.69 Å². The van der Waals surface area contributed by atoms with Crippen LogP contribution in [0.3, 0.4) is 0 Å². The Kier molecular flexibility index (Phi) is 4.46. The summed E-state index contributed by atoms with van der Waals surface area (Å²) in [5, 5.41) is 2.82. The molecule has 0 bridgehead atoms. The Morgan fingerprint density at radius 1 is 1.25 bits per heavy atom. The fourth-order valence-electron chi connectivity index (χ4n) is 3.69. The van der Waals surface area contributed by atoms with Gasteiger partial charge in [0.05, 0.1) is 10.7 Å². The molecule has 0 saturated carbocycles. The van der Waals surface area contributed by atoms with Gasteiger partial charge in [0, 0.05) is 49.4 Å². The quantitative estimate of drug-likeness (QED) is 0.820. The highest BCUT2D eigenvalue weighted by Crippen LogP contribution is 2.31. The minimum Gasteiger partial charge on any atom is -0.370 e. The van der Waals surface area contributed by atoms with Crippen molar-refractivity contribution in [3.63, 3.8) is 0 Å². The third kappa shape index (κ3) is 3.03. The monoisotopic (exact) mass is 361 g/mol. The lowest BCUT2D eigenvalue weighted by Crippen LogP contribution is -2.44. The van der Waals surface area contributed by atoms with Crippen molar-refractivity contribution in [3.05, 3.63) is 45.4 Å². The maximum Gasteiger partial charge on any atom is 0.226 e. The van der Waals surface area contributed by atoms with E-state index in [4.69, 9.17) is 11.6 Å². The largest absolute Gasteiger partial charge is 0.370 e. The average Bonchev–Trinajstić information content (AvgIpc) is 3.09. The van der Waals surface area contributed by atoms with Crippen LogP contribution in [0.2, 0.25) is 5.02 Å². The summed E-state index contributed by atoms with van der Waals surface area (Å²) in [5.41, 5.74) is 2.36. The Hall–Kier alpha value is -1.59. The molecular formula is C18H20ClN3OS. The fraction of sp³-hybridized carbons (Fsp3) is 0.444. The van der Waals surface area contributed by atoms with E-state index in [1.54, 1.807) is 12.4 Å². The molecule has 2 aliphatic rings. The van der Waals surface area contributed by atoms with E-state index in [9.17, 15) is 4.79 Å². The molecule has 4 heterocycles. The van der Waals surface area contributed by atoms with Gasteiger partial charge in [-0.05, 0) is 42.3 Å². The molecule has 1 amide bonds. The van der Waals surface area contributed by atoms with Gasteiger partial charge < -0.3 is 9.80 Å². The van der Waals surface area contributed by atoms with Crippen molar-refractivity contribution in [1.82, 2.24) is 9.88 Å². The molecule has 0 aliphatic carbocycles. The van der Waals surface area contributed by atoms with Gasteiger partial charge in [-0.15, -0.1) is 11.3 Å². The van der Waals surface area contributed by atoms with E-state index in [-0.39, 0.29) is 5.92 Å². The van der Waals surface area contributed by atoms with Gasteiger partial charge in [-0.3, -0.25) is 9.78 Å². The molecule has 4 rings (SSSR count). The van der Waals surface area contributed by atoms with Crippen LogP contribution in [0.25, 0.3) is 0 Å². The van der Waals surface area contributed by atoms with Crippen LogP contribution >= 0.6 is 22.9 Å². The Bertz CT molecular complexity index is 739. The van der Waals surface area contributed by atoms with Crippen molar-refractivity contribution in [2.45, 2.75) is 25.8 Å². The number of carbonyl (C=O) groups is 1. The van der Waals surface area contributed by atoms with Gasteiger partial charge in [0.25, 0.3) is 0 Å². The van der Waals surface area contributed by atoms with Crippen molar-refractivity contribution in [2.75, 3.05) is 24.5 Å². The Morgan fingerprint density at radius 3 is 2.88 bits per heavy atom. The van der Waals surface area contributed by atoms with E-state index in [1.807, 2.05) is 17.4 Å². The molecule has 4 nitrogen and oxygen atoms in total. The number of thiophene rings is 1. The number of amides is 1. The van der Waals surface area contributed by atoms with E-state index < -0.39 is 0 Å². The van der Waals surface area contributed by atoms with Crippen LogP contribution < -0.4 is 4.90 Å². The van der Waals surface area contributed by atoms with E-state index >= 15 is 0 Å². The number of nitrogens with zero attached hydrogens (tertiary/aromatic N) is 3. The number of rotatable bonds is 2. The van der Waals surface area contributed by atoms with Gasteiger partial charge in [0.15, 0.2) is 0 Å². The summed E-state index contributed by atoms with van der Waals surface area (Å²) in [6.07, 6.45) is 6.24. The zero-order chi connectivity index (χ0) is 16.5. The van der Waals surface area contributed by atoms with Crippen LogP contribution in [0.5, 0.6) is 0 Å². The molecule has 24 heavy (non-hydrogen) atoms. The number of piperidine rings is 1. The summed E-state index contributed by atoms with van der Waals surface area (Å²) in [7, 11) is 0. The summed E-state index contributed by atoms with van der Waals surface area (Å²) >= 11 is 8.05. The predicted octanol–water partition coefficient (Wildman–Crippen LogP) is 3.60. The van der Waals surface area contributed by atoms with Gasteiger partial charge in [0.1, 0.15) is 0 Å². The first kappa shape index (κ1) is 15.9. The number of carbonyl (C=O) groups excluding carboxylic acids is 1. The molecular weight excluding hydrogens is 342 g/mol. The lowest BCUT2D eigenvalue weighted by molar-refractivity contribution is -0.137. The summed E-state index contributed by atoms with van der Waals surface area (Å²) in [6.45, 7) is 3.40. The summed E-state index contributed by atoms with van der Waals surface area (Å²) in [4.78, 5) is 22.7. The molecule has 1 saturated heterocycles. The number of fused-ring (bicyclic) bond motifs is 1. The number of hydrogen-bond donors (Lipinski definition) is 0. The third-order valence-electron chi connectivity index (χ3n) is 5.06. The Balaban J connectivity index is 1.38. The highest BCUT2D eigenvalue weighted by atomic mass is 35.5. The average molecular weight is 362 g/mol. The molecule has 0 spiro atoms. The van der Waals surface area contributed by atoms with Gasteiger partial charge in [-0.25, -0.2) is 0 Å². The molecule has 6 heteroatoms. The van der Waals surface area contributed by atoms with Crippen molar-refractivity contribution in [2.24, 2.45) is 5.92 Å². The van der Waals surface area contributed by atoms with Crippen LogP contribution in [-0.4, -0.2) is 35.4 Å². The number of pyridine rings is 1. The highest BCUT2D eigenvalue weighted by molar-refractivity contribution is 7.10. The van der Waals surface area contributed by atoms with E-state index in [1.165, 1.54) is 10.4 Å². The minimum absolute atomic E-state index is 0.141.